The molecule has 15 heavy (non-hydrogen) atoms. The van der Waals surface area contributed by atoms with Crippen molar-refractivity contribution in [1.29, 1.82) is 0 Å². The van der Waals surface area contributed by atoms with Gasteiger partial charge in [0, 0.05) is 16.2 Å². The summed E-state index contributed by atoms with van der Waals surface area (Å²) in [5.74, 6) is 0.204. The largest absolute Gasteiger partial charge is 0.624 e. The van der Waals surface area contributed by atoms with E-state index >= 15 is 0 Å². The summed E-state index contributed by atoms with van der Waals surface area (Å²) in [6, 6.07) is 0. The molecule has 3 atom stereocenters. The molecule has 0 saturated heterocycles. The molecule has 2 aliphatic carbocycles. The molecule has 2 saturated carbocycles. The molecule has 2 fully saturated rings. The monoisotopic (exact) mass is 273 g/mol. The van der Waals surface area contributed by atoms with Crippen LogP contribution in [-0.2, 0) is 4.79 Å². The maximum absolute atomic E-state index is 12.2. The molecule has 0 spiro atoms. The number of alkyl halides is 1. The van der Waals surface area contributed by atoms with E-state index in [2.05, 4.69) is 22.9 Å². The van der Waals surface area contributed by atoms with E-state index in [0.29, 0.717) is 5.71 Å². The van der Waals surface area contributed by atoms with Gasteiger partial charge < -0.3 is 5.21 Å². The second-order valence-electron chi connectivity index (χ2n) is 5.19. The highest BCUT2D eigenvalue weighted by Crippen LogP contribution is 2.63. The minimum absolute atomic E-state index is 0.0678. The number of nitrogens with zero attached hydrogens (tertiary/aromatic N) is 1. The quantitative estimate of drug-likeness (QED) is 0.317. The second-order valence-corrected chi connectivity index (χ2v) is 5.75. The normalized spacial score (nSPS) is 47.5. The molecule has 3 nitrogen and oxygen atoms in total. The van der Waals surface area contributed by atoms with Crippen LogP contribution in [0.25, 0.3) is 0 Å². The van der Waals surface area contributed by atoms with Crippen LogP contribution in [0.15, 0.2) is 0 Å². The van der Waals surface area contributed by atoms with Crippen LogP contribution in [0.4, 0.5) is 0 Å². The predicted octanol–water partition coefficient (Wildman–Crippen LogP) is 1.97. The molecule has 0 aromatic rings. The summed E-state index contributed by atoms with van der Waals surface area (Å²) in [5, 5.41) is 12.2. The zero-order valence-electron chi connectivity index (χ0n) is 9.34. The number of rotatable bonds is 1. The second kappa shape index (κ2) is 3.06. The van der Waals surface area contributed by atoms with Crippen LogP contribution in [0.2, 0.25) is 0 Å². The lowest BCUT2D eigenvalue weighted by atomic mass is 9.70. The first-order valence-electron chi connectivity index (χ1n) is 5.27. The Morgan fingerprint density at radius 3 is 2.53 bits per heavy atom. The molecule has 2 rings (SSSR count). The van der Waals surface area contributed by atoms with Gasteiger partial charge in [-0.1, -0.05) is 29.8 Å². The standard InChI is InChI=1S/C11H16BrNO2/c1-10-5-4-7(11(10,2)6-12)8(9(10)14)13(3)15/h7H,4-6H2,1-3H3/b13-8+. The molecule has 0 N–H and O–H groups in total. The van der Waals surface area contributed by atoms with Gasteiger partial charge in [0.25, 0.3) is 0 Å². The van der Waals surface area contributed by atoms with Crippen LogP contribution in [0.3, 0.4) is 0 Å². The highest BCUT2D eigenvalue weighted by Gasteiger charge is 2.69. The van der Waals surface area contributed by atoms with E-state index in [1.54, 1.807) is 0 Å². The summed E-state index contributed by atoms with van der Waals surface area (Å²) >= 11 is 3.51. The van der Waals surface area contributed by atoms with Crippen molar-refractivity contribution in [3.63, 3.8) is 0 Å². The molecular weight excluding hydrogens is 258 g/mol. The summed E-state index contributed by atoms with van der Waals surface area (Å²) in [7, 11) is 1.44. The predicted molar refractivity (Wildman–Crippen MR) is 62.3 cm³/mol. The number of carbonyl (C=O) groups is 1. The average Bonchev–Trinajstić information content (AvgIpc) is 2.51. The molecule has 4 heteroatoms. The van der Waals surface area contributed by atoms with Gasteiger partial charge in [0.1, 0.15) is 7.05 Å². The number of hydrogen-bond donors (Lipinski definition) is 0. The van der Waals surface area contributed by atoms with Crippen molar-refractivity contribution < 1.29 is 9.53 Å². The van der Waals surface area contributed by atoms with Crippen molar-refractivity contribution in [2.75, 3.05) is 12.4 Å². The van der Waals surface area contributed by atoms with Crippen LogP contribution in [0.1, 0.15) is 26.7 Å². The number of carbonyl (C=O) groups excluding carboxylic acids is 1. The molecule has 0 aromatic heterocycles. The van der Waals surface area contributed by atoms with Crippen molar-refractivity contribution in [1.82, 2.24) is 0 Å². The van der Waals surface area contributed by atoms with E-state index in [1.165, 1.54) is 7.05 Å². The molecule has 0 heterocycles. The van der Waals surface area contributed by atoms with Crippen molar-refractivity contribution >= 4 is 27.4 Å². The van der Waals surface area contributed by atoms with Crippen molar-refractivity contribution in [3.8, 4) is 0 Å². The number of fused-ring (bicyclic) bond motifs is 2. The van der Waals surface area contributed by atoms with E-state index in [1.807, 2.05) is 6.92 Å². The fourth-order valence-corrected chi connectivity index (χ4v) is 4.29. The summed E-state index contributed by atoms with van der Waals surface area (Å²) in [5.41, 5.74) is 0.0680. The Hall–Kier alpha value is -0.380. The SMILES string of the molecule is C/[N+]([O-])=C1\C(=O)C2(C)CCC1C2(C)CBr. The topological polar surface area (TPSA) is 43.1 Å². The fourth-order valence-electron chi connectivity index (χ4n) is 3.28. The van der Waals surface area contributed by atoms with Crippen LogP contribution in [-0.4, -0.2) is 28.6 Å². The third-order valence-electron chi connectivity index (χ3n) is 4.64. The highest BCUT2D eigenvalue weighted by atomic mass is 79.9. The molecule has 2 aliphatic rings. The highest BCUT2D eigenvalue weighted by molar-refractivity contribution is 9.09. The number of ketones is 1. The molecule has 84 valence electrons. The lowest BCUT2D eigenvalue weighted by Crippen LogP contribution is -2.37. The lowest BCUT2D eigenvalue weighted by molar-refractivity contribution is -0.424. The summed E-state index contributed by atoms with van der Waals surface area (Å²) in [6.45, 7) is 4.13. The van der Waals surface area contributed by atoms with Gasteiger partial charge in [-0.3, -0.25) is 4.79 Å². The lowest BCUT2D eigenvalue weighted by Gasteiger charge is -2.33. The van der Waals surface area contributed by atoms with E-state index in [4.69, 9.17) is 0 Å². The zero-order chi connectivity index (χ0) is 11.4. The Morgan fingerprint density at radius 1 is 1.60 bits per heavy atom. The minimum atomic E-state index is -0.338. The van der Waals surface area contributed by atoms with Gasteiger partial charge in [-0.2, -0.15) is 0 Å². The third kappa shape index (κ3) is 1.06. The third-order valence-corrected chi connectivity index (χ3v) is 5.81. The molecule has 3 unspecified atom stereocenters. The Balaban J connectivity index is 2.60. The summed E-state index contributed by atoms with van der Waals surface area (Å²) in [6.07, 6.45) is 1.88. The number of halogens is 1. The Morgan fingerprint density at radius 2 is 2.20 bits per heavy atom. The van der Waals surface area contributed by atoms with E-state index < -0.39 is 0 Å². The molecule has 0 aromatic carbocycles. The molecule has 0 radical (unpaired) electrons. The average molecular weight is 274 g/mol. The van der Waals surface area contributed by atoms with Crippen LogP contribution in [0, 0.1) is 22.0 Å². The number of Topliss-reactive ketones (excluding diaryl/α,β-unsaturated/α-hetero) is 1. The van der Waals surface area contributed by atoms with E-state index in [9.17, 15) is 10.0 Å². The Kier molecular flexibility index (Phi) is 2.27. The van der Waals surface area contributed by atoms with Crippen LogP contribution in [0.5, 0.6) is 0 Å². The zero-order valence-corrected chi connectivity index (χ0v) is 10.9. The molecular formula is C11H16BrNO2. The molecule has 0 amide bonds. The summed E-state index contributed by atoms with van der Waals surface area (Å²) < 4.78 is 0.776. The first kappa shape index (κ1) is 11.1. The van der Waals surface area contributed by atoms with Gasteiger partial charge in [-0.05, 0) is 12.8 Å². The van der Waals surface area contributed by atoms with Gasteiger partial charge in [-0.15, -0.1) is 0 Å². The van der Waals surface area contributed by atoms with Crippen LogP contribution >= 0.6 is 15.9 Å². The maximum Gasteiger partial charge on any atom is 0.234 e. The van der Waals surface area contributed by atoms with Crippen molar-refractivity contribution in [2.45, 2.75) is 26.7 Å². The first-order chi connectivity index (χ1) is 6.88. The minimum Gasteiger partial charge on any atom is -0.624 e. The fraction of sp³-hybridized carbons (Fsp3) is 0.818. The smallest absolute Gasteiger partial charge is 0.234 e. The van der Waals surface area contributed by atoms with Gasteiger partial charge in [-0.25, -0.2) is 4.74 Å². The number of hydroxylamine groups is 1. The molecule has 2 bridgehead atoms. The first-order valence-corrected chi connectivity index (χ1v) is 6.39. The van der Waals surface area contributed by atoms with Crippen molar-refractivity contribution in [3.05, 3.63) is 5.21 Å². The Labute approximate surface area is 98.3 Å². The van der Waals surface area contributed by atoms with E-state index in [-0.39, 0.29) is 22.5 Å². The van der Waals surface area contributed by atoms with Crippen LogP contribution < -0.4 is 0 Å². The van der Waals surface area contributed by atoms with Crippen molar-refractivity contribution in [2.24, 2.45) is 16.7 Å². The summed E-state index contributed by atoms with van der Waals surface area (Å²) in [4.78, 5) is 12.2. The Bertz CT molecular complexity index is 362. The van der Waals surface area contributed by atoms with Gasteiger partial charge in [0.05, 0.1) is 5.92 Å². The van der Waals surface area contributed by atoms with Gasteiger partial charge in [0.15, 0.2) is 0 Å². The van der Waals surface area contributed by atoms with Gasteiger partial charge >= 0.3 is 0 Å². The van der Waals surface area contributed by atoms with E-state index in [0.717, 1.165) is 22.9 Å². The van der Waals surface area contributed by atoms with Gasteiger partial charge in [0.2, 0.25) is 11.5 Å². The maximum atomic E-state index is 12.2. The molecule has 0 aliphatic heterocycles. The number of hydrogen-bond acceptors (Lipinski definition) is 2.